The van der Waals surface area contributed by atoms with Crippen molar-refractivity contribution in [1.82, 2.24) is 9.97 Å². The van der Waals surface area contributed by atoms with Gasteiger partial charge in [0.05, 0.1) is 5.39 Å². The Labute approximate surface area is 137 Å². The van der Waals surface area contributed by atoms with Crippen molar-refractivity contribution < 1.29 is 9.53 Å². The lowest BCUT2D eigenvalue weighted by atomic mass is 10.1. The van der Waals surface area contributed by atoms with E-state index in [-0.39, 0.29) is 17.9 Å². The van der Waals surface area contributed by atoms with Crippen LogP contribution in [-0.4, -0.2) is 15.8 Å². The van der Waals surface area contributed by atoms with Crippen molar-refractivity contribution >= 4 is 27.3 Å². The molecule has 1 aromatic carbocycles. The quantitative estimate of drug-likeness (QED) is 0.729. The molecule has 0 aliphatic rings. The van der Waals surface area contributed by atoms with Gasteiger partial charge in [-0.05, 0) is 43.7 Å². The lowest BCUT2D eigenvalue weighted by Gasteiger charge is -2.06. The first-order valence-electron chi connectivity index (χ1n) is 7.32. The molecule has 23 heavy (non-hydrogen) atoms. The normalized spacial score (nSPS) is 10.9. The van der Waals surface area contributed by atoms with Gasteiger partial charge in [0.1, 0.15) is 23.0 Å². The maximum Gasteiger partial charge on any atom is 0.259 e. The van der Waals surface area contributed by atoms with Gasteiger partial charge < -0.3 is 9.72 Å². The lowest BCUT2D eigenvalue weighted by Crippen LogP contribution is -2.12. The number of Topliss-reactive ketones (excluding diaryl/α,β-unsaturated/α-hetero) is 1. The molecule has 0 aliphatic heterocycles. The molecule has 0 spiro atoms. The number of thiophene rings is 1. The average Bonchev–Trinajstić information content (AvgIpc) is 2.97. The Morgan fingerprint density at radius 1 is 1.30 bits per heavy atom. The zero-order chi connectivity index (χ0) is 16.4. The van der Waals surface area contributed by atoms with Crippen LogP contribution in [0.1, 0.15) is 34.9 Å². The summed E-state index contributed by atoms with van der Waals surface area (Å²) >= 11 is 1.53. The number of nitrogens with zero attached hydrogens (tertiary/aromatic N) is 1. The molecule has 3 aromatic rings. The number of hydrogen-bond acceptors (Lipinski definition) is 5. The minimum absolute atomic E-state index is 0.0115. The molecule has 0 atom stereocenters. The predicted octanol–water partition coefficient (Wildman–Crippen LogP) is 3.33. The van der Waals surface area contributed by atoms with E-state index in [2.05, 4.69) is 9.97 Å². The fourth-order valence-corrected chi connectivity index (χ4v) is 3.19. The van der Waals surface area contributed by atoms with E-state index in [0.29, 0.717) is 22.5 Å². The molecule has 0 fully saturated rings. The number of ether oxygens (including phenoxy) is 1. The van der Waals surface area contributed by atoms with Crippen LogP contribution in [0.5, 0.6) is 5.75 Å². The molecule has 0 unspecified atom stereocenters. The smallest absolute Gasteiger partial charge is 0.259 e. The van der Waals surface area contributed by atoms with Gasteiger partial charge in [-0.25, -0.2) is 4.98 Å². The van der Waals surface area contributed by atoms with E-state index in [1.807, 2.05) is 13.0 Å². The zero-order valence-electron chi connectivity index (χ0n) is 12.9. The van der Waals surface area contributed by atoms with Crippen LogP contribution in [0.3, 0.4) is 0 Å². The number of carbonyl (C=O) groups is 1. The number of carbonyl (C=O) groups excluding carboxylic acids is 1. The van der Waals surface area contributed by atoms with Crippen LogP contribution in [0.25, 0.3) is 10.2 Å². The standard InChI is InChI=1S/C17H16N2O3S/c1-3-13-8-14-16(21)18-15(19-17(14)23-13)9-22-12-6-4-11(5-7-12)10(2)20/h4-8H,3,9H2,1-2H3,(H,18,19,21). The second-order valence-corrected chi connectivity index (χ2v) is 6.28. The van der Waals surface area contributed by atoms with Gasteiger partial charge in [0, 0.05) is 10.4 Å². The number of aromatic nitrogens is 2. The van der Waals surface area contributed by atoms with Crippen molar-refractivity contribution in [2.24, 2.45) is 0 Å². The molecule has 6 heteroatoms. The number of fused-ring (bicyclic) bond motifs is 1. The lowest BCUT2D eigenvalue weighted by molar-refractivity contribution is 0.101. The van der Waals surface area contributed by atoms with Gasteiger partial charge in [0.15, 0.2) is 5.78 Å². The Kier molecular flexibility index (Phi) is 4.25. The van der Waals surface area contributed by atoms with Crippen LogP contribution < -0.4 is 10.3 Å². The summed E-state index contributed by atoms with van der Waals surface area (Å²) in [5.41, 5.74) is 0.493. The third-order valence-electron chi connectivity index (χ3n) is 3.49. The first-order chi connectivity index (χ1) is 11.1. The minimum Gasteiger partial charge on any atom is -0.486 e. The van der Waals surface area contributed by atoms with Crippen LogP contribution in [-0.2, 0) is 13.0 Å². The Balaban J connectivity index is 1.78. The molecule has 1 N–H and O–H groups in total. The molecule has 0 saturated carbocycles. The number of benzene rings is 1. The Morgan fingerprint density at radius 2 is 2.04 bits per heavy atom. The summed E-state index contributed by atoms with van der Waals surface area (Å²) in [4.78, 5) is 32.4. The SMILES string of the molecule is CCc1cc2c(=O)[nH]c(COc3ccc(C(C)=O)cc3)nc2s1. The highest BCUT2D eigenvalue weighted by molar-refractivity contribution is 7.18. The summed E-state index contributed by atoms with van der Waals surface area (Å²) in [6.45, 7) is 3.74. The second-order valence-electron chi connectivity index (χ2n) is 5.17. The number of aromatic amines is 1. The molecular weight excluding hydrogens is 312 g/mol. The highest BCUT2D eigenvalue weighted by Gasteiger charge is 2.09. The summed E-state index contributed by atoms with van der Waals surface area (Å²) in [7, 11) is 0. The van der Waals surface area contributed by atoms with Crippen molar-refractivity contribution in [3.05, 3.63) is 57.0 Å². The van der Waals surface area contributed by atoms with Crippen molar-refractivity contribution in [2.75, 3.05) is 0 Å². The fraction of sp³-hybridized carbons (Fsp3) is 0.235. The predicted molar refractivity (Wildman–Crippen MR) is 90.4 cm³/mol. The highest BCUT2D eigenvalue weighted by atomic mass is 32.1. The maximum atomic E-state index is 12.1. The van der Waals surface area contributed by atoms with Gasteiger partial charge in [0.2, 0.25) is 0 Å². The fourth-order valence-electron chi connectivity index (χ4n) is 2.21. The summed E-state index contributed by atoms with van der Waals surface area (Å²) in [6.07, 6.45) is 0.884. The number of ketones is 1. The first-order valence-corrected chi connectivity index (χ1v) is 8.14. The highest BCUT2D eigenvalue weighted by Crippen LogP contribution is 2.21. The topological polar surface area (TPSA) is 72.1 Å². The van der Waals surface area contributed by atoms with E-state index >= 15 is 0 Å². The molecule has 0 aliphatic carbocycles. The van der Waals surface area contributed by atoms with Gasteiger partial charge in [-0.15, -0.1) is 11.3 Å². The zero-order valence-corrected chi connectivity index (χ0v) is 13.7. The molecule has 2 aromatic heterocycles. The van der Waals surface area contributed by atoms with E-state index in [4.69, 9.17) is 4.74 Å². The van der Waals surface area contributed by atoms with Gasteiger partial charge in [-0.3, -0.25) is 9.59 Å². The van der Waals surface area contributed by atoms with Crippen molar-refractivity contribution in [3.63, 3.8) is 0 Å². The minimum atomic E-state index is -0.142. The molecule has 0 amide bonds. The number of rotatable bonds is 5. The molecule has 0 bridgehead atoms. The molecule has 5 nitrogen and oxygen atoms in total. The molecule has 118 valence electrons. The monoisotopic (exact) mass is 328 g/mol. The summed E-state index contributed by atoms with van der Waals surface area (Å²) in [6, 6.07) is 8.77. The third kappa shape index (κ3) is 3.32. The third-order valence-corrected chi connectivity index (χ3v) is 4.66. The van der Waals surface area contributed by atoms with Crippen molar-refractivity contribution in [1.29, 1.82) is 0 Å². The number of H-pyrrole nitrogens is 1. The van der Waals surface area contributed by atoms with E-state index < -0.39 is 0 Å². The van der Waals surface area contributed by atoms with Gasteiger partial charge >= 0.3 is 0 Å². The van der Waals surface area contributed by atoms with Gasteiger partial charge in [-0.1, -0.05) is 6.92 Å². The Morgan fingerprint density at radius 3 is 2.70 bits per heavy atom. The van der Waals surface area contributed by atoms with E-state index in [0.717, 1.165) is 16.1 Å². The van der Waals surface area contributed by atoms with E-state index in [9.17, 15) is 9.59 Å². The van der Waals surface area contributed by atoms with Crippen LogP contribution in [0.2, 0.25) is 0 Å². The largest absolute Gasteiger partial charge is 0.486 e. The van der Waals surface area contributed by atoms with E-state index in [1.165, 1.54) is 18.3 Å². The second kappa shape index (κ2) is 6.34. The van der Waals surface area contributed by atoms with E-state index in [1.54, 1.807) is 24.3 Å². The van der Waals surface area contributed by atoms with Crippen LogP contribution >= 0.6 is 11.3 Å². The molecular formula is C17H16N2O3S. The molecule has 3 rings (SSSR count). The summed E-state index contributed by atoms with van der Waals surface area (Å²) < 4.78 is 5.62. The number of hydrogen-bond donors (Lipinski definition) is 1. The average molecular weight is 328 g/mol. The van der Waals surface area contributed by atoms with Crippen LogP contribution in [0.4, 0.5) is 0 Å². The Hall–Kier alpha value is -2.47. The molecule has 0 saturated heterocycles. The Bertz CT molecular complexity index is 910. The first kappa shape index (κ1) is 15.4. The van der Waals surface area contributed by atoms with Crippen molar-refractivity contribution in [2.45, 2.75) is 26.9 Å². The van der Waals surface area contributed by atoms with Gasteiger partial charge in [-0.2, -0.15) is 0 Å². The van der Waals surface area contributed by atoms with Gasteiger partial charge in [0.25, 0.3) is 5.56 Å². The molecule has 2 heterocycles. The van der Waals surface area contributed by atoms with Crippen LogP contribution in [0, 0.1) is 0 Å². The number of aryl methyl sites for hydroxylation is 1. The number of nitrogens with one attached hydrogen (secondary N) is 1. The molecule has 0 radical (unpaired) electrons. The summed E-state index contributed by atoms with van der Waals surface area (Å²) in [5, 5.41) is 0.626. The van der Waals surface area contributed by atoms with Crippen LogP contribution in [0.15, 0.2) is 35.1 Å². The maximum absolute atomic E-state index is 12.1. The summed E-state index contributed by atoms with van der Waals surface area (Å²) in [5.74, 6) is 1.12. The van der Waals surface area contributed by atoms with Crippen molar-refractivity contribution in [3.8, 4) is 5.75 Å².